The maximum absolute atomic E-state index is 14.0. The maximum Gasteiger partial charge on any atom is 0.465 e. The van der Waals surface area contributed by atoms with E-state index in [0.717, 1.165) is 25.7 Å². The first-order valence-electron chi connectivity index (χ1n) is 12.9. The zero-order valence-corrected chi connectivity index (χ0v) is 20.6. The molecule has 8 fully saturated rings. The summed E-state index contributed by atoms with van der Waals surface area (Å²) in [7, 11) is -6.07. The molecule has 0 aromatic rings. The predicted octanol–water partition coefficient (Wildman–Crippen LogP) is 2.72. The summed E-state index contributed by atoms with van der Waals surface area (Å²) in [5.74, 6) is -5.15. The van der Waals surface area contributed by atoms with E-state index < -0.39 is 74.8 Å². The van der Waals surface area contributed by atoms with Gasteiger partial charge in [0.05, 0.1) is 11.8 Å². The van der Waals surface area contributed by atoms with Crippen LogP contribution in [0.3, 0.4) is 0 Å². The van der Waals surface area contributed by atoms with E-state index in [-0.39, 0.29) is 11.8 Å². The molecule has 0 radical (unpaired) electrons. The third kappa shape index (κ3) is 3.25. The zero-order valence-electron chi connectivity index (χ0n) is 19.8. The standard InChI is InChI=1S/C24H30F2O9S/c1-2-23(12-6-10-5-11(8-12)9-13(23)7-10)35-21(28)17-15-4-3-14-16(17)20(27)33-18(14)19(15)34-22(29)24(25,26)36(30,31)32/h10-19H,2-9H2,1H3,(H,30,31,32). The van der Waals surface area contributed by atoms with Crippen molar-refractivity contribution >= 4 is 28.0 Å². The molecule has 9 nitrogen and oxygen atoms in total. The van der Waals surface area contributed by atoms with E-state index in [1.807, 2.05) is 6.92 Å². The molecule has 12 heteroatoms. The molecule has 0 spiro atoms. The summed E-state index contributed by atoms with van der Waals surface area (Å²) in [6, 6.07) is 0. The smallest absolute Gasteiger partial charge is 0.458 e. The molecule has 8 bridgehead atoms. The molecule has 8 aliphatic rings. The van der Waals surface area contributed by atoms with Crippen molar-refractivity contribution in [2.45, 2.75) is 81.4 Å². The lowest BCUT2D eigenvalue weighted by molar-refractivity contribution is -0.225. The van der Waals surface area contributed by atoms with Gasteiger partial charge in [0.2, 0.25) is 0 Å². The third-order valence-electron chi connectivity index (χ3n) is 10.3. The number of hydrogen-bond donors (Lipinski definition) is 1. The van der Waals surface area contributed by atoms with Crippen LogP contribution in [-0.4, -0.2) is 53.9 Å². The van der Waals surface area contributed by atoms with Crippen LogP contribution >= 0.6 is 0 Å². The maximum atomic E-state index is 14.0. The Kier molecular flexibility index (Phi) is 5.34. The van der Waals surface area contributed by atoms with Crippen LogP contribution in [0.25, 0.3) is 0 Å². The predicted molar refractivity (Wildman–Crippen MR) is 116 cm³/mol. The molecule has 36 heavy (non-hydrogen) atoms. The number of carbonyl (C=O) groups is 3. The Morgan fingerprint density at radius 3 is 2.22 bits per heavy atom. The normalized spacial score (nSPS) is 46.5. The van der Waals surface area contributed by atoms with E-state index in [1.165, 1.54) is 6.42 Å². The number of ether oxygens (including phenoxy) is 3. The molecule has 200 valence electrons. The molecule has 1 N–H and O–H groups in total. The van der Waals surface area contributed by atoms with E-state index in [0.29, 0.717) is 31.1 Å². The van der Waals surface area contributed by atoms with Gasteiger partial charge >= 0.3 is 33.3 Å². The lowest BCUT2D eigenvalue weighted by Crippen LogP contribution is -2.62. The second-order valence-corrected chi connectivity index (χ2v) is 13.2. The van der Waals surface area contributed by atoms with Gasteiger partial charge in [-0.3, -0.25) is 14.1 Å². The molecule has 8 rings (SSSR count). The summed E-state index contributed by atoms with van der Waals surface area (Å²) in [5.41, 5.74) is -0.632. The highest BCUT2D eigenvalue weighted by Gasteiger charge is 2.69. The van der Waals surface area contributed by atoms with Crippen LogP contribution in [-0.2, 0) is 38.7 Å². The van der Waals surface area contributed by atoms with Crippen LogP contribution in [0.4, 0.5) is 8.78 Å². The van der Waals surface area contributed by atoms with Gasteiger partial charge in [0, 0.05) is 11.8 Å². The molecule has 0 aromatic heterocycles. The number of rotatable bonds is 6. The summed E-state index contributed by atoms with van der Waals surface area (Å²) in [6.07, 6.45) is 4.19. The number of fused-ring (bicyclic) bond motifs is 1. The van der Waals surface area contributed by atoms with Gasteiger partial charge in [-0.15, -0.1) is 0 Å². The molecule has 1 aliphatic heterocycles. The molecule has 0 aromatic carbocycles. The van der Waals surface area contributed by atoms with Gasteiger partial charge in [-0.25, -0.2) is 4.79 Å². The first-order valence-corrected chi connectivity index (χ1v) is 14.3. The van der Waals surface area contributed by atoms with Crippen LogP contribution in [0.2, 0.25) is 0 Å². The van der Waals surface area contributed by atoms with Crippen molar-refractivity contribution in [3.05, 3.63) is 0 Å². The summed E-state index contributed by atoms with van der Waals surface area (Å²) >= 11 is 0. The van der Waals surface area contributed by atoms with E-state index >= 15 is 0 Å². The Morgan fingerprint density at radius 1 is 1.08 bits per heavy atom. The van der Waals surface area contributed by atoms with Gasteiger partial charge in [0.15, 0.2) is 0 Å². The Balaban J connectivity index is 1.28. The number of alkyl halides is 2. The number of halogens is 2. The first-order chi connectivity index (χ1) is 16.9. The van der Waals surface area contributed by atoms with Crippen molar-refractivity contribution in [1.29, 1.82) is 0 Å². The summed E-state index contributed by atoms with van der Waals surface area (Å²) < 4.78 is 75.4. The summed E-state index contributed by atoms with van der Waals surface area (Å²) in [5, 5.41) is -5.19. The van der Waals surface area contributed by atoms with Gasteiger partial charge < -0.3 is 14.2 Å². The SMILES string of the molecule is CCC1(OC(=O)C2C3CCC4C(OC(=O)C42)C3OC(=O)C(F)(F)S(=O)(=O)O)C2CC3CC(C2)CC1C3. The van der Waals surface area contributed by atoms with Crippen LogP contribution in [0, 0.1) is 47.3 Å². The fourth-order valence-corrected chi connectivity index (χ4v) is 9.28. The highest BCUT2D eigenvalue weighted by Crippen LogP contribution is 2.62. The average molecular weight is 533 g/mol. The largest absolute Gasteiger partial charge is 0.465 e. The van der Waals surface area contributed by atoms with E-state index in [9.17, 15) is 31.6 Å². The molecule has 7 saturated carbocycles. The van der Waals surface area contributed by atoms with E-state index in [4.69, 9.17) is 18.8 Å². The van der Waals surface area contributed by atoms with Crippen molar-refractivity contribution in [2.24, 2.45) is 47.3 Å². The number of hydrogen-bond acceptors (Lipinski definition) is 8. The first kappa shape index (κ1) is 24.5. The Hall–Kier alpha value is -1.82. The van der Waals surface area contributed by atoms with Gasteiger partial charge in [-0.2, -0.15) is 17.2 Å². The Labute approximate surface area is 207 Å². The fraction of sp³-hybridized carbons (Fsp3) is 0.875. The molecular weight excluding hydrogens is 502 g/mol. The molecule has 1 heterocycles. The van der Waals surface area contributed by atoms with Crippen LogP contribution in [0.5, 0.6) is 0 Å². The number of carbonyl (C=O) groups excluding carboxylic acids is 3. The third-order valence-corrected chi connectivity index (χ3v) is 11.1. The minimum atomic E-state index is -6.07. The molecule has 7 aliphatic carbocycles. The topological polar surface area (TPSA) is 133 Å². The lowest BCUT2D eigenvalue weighted by atomic mass is 9.49. The minimum Gasteiger partial charge on any atom is -0.458 e. The summed E-state index contributed by atoms with van der Waals surface area (Å²) in [4.78, 5) is 38.7. The van der Waals surface area contributed by atoms with Gasteiger partial charge in [0.1, 0.15) is 17.8 Å². The lowest BCUT2D eigenvalue weighted by Gasteiger charge is -2.60. The molecule has 6 unspecified atom stereocenters. The zero-order chi connectivity index (χ0) is 25.8. The van der Waals surface area contributed by atoms with Crippen molar-refractivity contribution in [3.63, 3.8) is 0 Å². The highest BCUT2D eigenvalue weighted by atomic mass is 32.2. The van der Waals surface area contributed by atoms with Crippen LogP contribution < -0.4 is 0 Å². The monoisotopic (exact) mass is 532 g/mol. The summed E-state index contributed by atoms with van der Waals surface area (Å²) in [6.45, 7) is 2.00. The quantitative estimate of drug-likeness (QED) is 0.311. The molecular formula is C24H30F2O9S. The minimum absolute atomic E-state index is 0.244. The fourth-order valence-electron chi connectivity index (χ4n) is 9.02. The highest BCUT2D eigenvalue weighted by molar-refractivity contribution is 7.87. The van der Waals surface area contributed by atoms with Gasteiger partial charge in [-0.1, -0.05) is 6.92 Å². The van der Waals surface area contributed by atoms with E-state index in [1.54, 1.807) is 0 Å². The van der Waals surface area contributed by atoms with Gasteiger partial charge in [-0.05, 0) is 75.0 Å². The Morgan fingerprint density at radius 2 is 1.67 bits per heavy atom. The number of esters is 3. The average Bonchev–Trinajstić information content (AvgIpc) is 3.10. The second kappa shape index (κ2) is 7.85. The van der Waals surface area contributed by atoms with E-state index in [2.05, 4.69) is 0 Å². The van der Waals surface area contributed by atoms with Crippen molar-refractivity contribution in [2.75, 3.05) is 0 Å². The van der Waals surface area contributed by atoms with Gasteiger partial charge in [0.25, 0.3) is 0 Å². The van der Waals surface area contributed by atoms with Crippen molar-refractivity contribution in [1.82, 2.24) is 0 Å². The molecule has 1 saturated heterocycles. The van der Waals surface area contributed by atoms with Crippen molar-refractivity contribution < 1.29 is 50.3 Å². The van der Waals surface area contributed by atoms with Crippen molar-refractivity contribution in [3.8, 4) is 0 Å². The van der Waals surface area contributed by atoms with Crippen LogP contribution in [0.1, 0.15) is 58.3 Å². The molecule has 0 amide bonds. The molecule has 6 atom stereocenters. The second-order valence-electron chi connectivity index (χ2n) is 11.8. The Bertz CT molecular complexity index is 1080. The van der Waals surface area contributed by atoms with Crippen LogP contribution in [0.15, 0.2) is 0 Å².